The highest BCUT2D eigenvalue weighted by atomic mass is 35.5. The van der Waals surface area contributed by atoms with Crippen LogP contribution in [0.25, 0.3) is 0 Å². The predicted molar refractivity (Wildman–Crippen MR) is 85.4 cm³/mol. The molecule has 6 nitrogen and oxygen atoms in total. The fourth-order valence-corrected chi connectivity index (χ4v) is 2.78. The number of halogens is 2. The number of nitro benzene ring substituents is 1. The molecule has 0 aliphatic carbocycles. The molecule has 1 rings (SSSR count). The maximum atomic E-state index is 11.2. The first kappa shape index (κ1) is 18.7. The first-order valence-electron chi connectivity index (χ1n) is 6.78. The Hall–Kier alpha value is -1.37. The minimum atomic E-state index is -0.889. The number of benzene rings is 1. The fraction of sp³-hybridized carbons (Fsp3) is 0.500. The van der Waals surface area contributed by atoms with E-state index in [-0.39, 0.29) is 29.7 Å². The van der Waals surface area contributed by atoms with Gasteiger partial charge in [0.05, 0.1) is 10.8 Å². The summed E-state index contributed by atoms with van der Waals surface area (Å²) in [5.74, 6) is -1.19. The Morgan fingerprint density at radius 3 is 2.55 bits per heavy atom. The number of aliphatic carboxylic acids is 1. The lowest BCUT2D eigenvalue weighted by Crippen LogP contribution is -2.29. The van der Waals surface area contributed by atoms with Crippen molar-refractivity contribution in [3.05, 3.63) is 37.9 Å². The lowest BCUT2D eigenvalue weighted by atomic mass is 9.97. The van der Waals surface area contributed by atoms with Crippen LogP contribution in [0.1, 0.15) is 25.8 Å². The molecule has 8 heteroatoms. The minimum Gasteiger partial charge on any atom is -0.481 e. The molecule has 0 radical (unpaired) electrons. The normalized spacial score (nSPS) is 12.4. The van der Waals surface area contributed by atoms with E-state index < -0.39 is 16.8 Å². The molecule has 22 heavy (non-hydrogen) atoms. The fourth-order valence-electron chi connectivity index (χ4n) is 2.18. The smallest absolute Gasteiger partial charge is 0.307 e. The molecule has 0 saturated heterocycles. The minimum absolute atomic E-state index is 0.0359. The zero-order chi connectivity index (χ0) is 16.9. The van der Waals surface area contributed by atoms with Crippen LogP contribution >= 0.6 is 23.2 Å². The third-order valence-corrected chi connectivity index (χ3v) is 3.61. The third-order valence-electron chi connectivity index (χ3n) is 3.10. The molecule has 0 spiro atoms. The zero-order valence-electron chi connectivity index (χ0n) is 12.3. The number of hydrogen-bond donors (Lipinski definition) is 2. The van der Waals surface area contributed by atoms with Crippen molar-refractivity contribution in [2.75, 3.05) is 6.54 Å². The summed E-state index contributed by atoms with van der Waals surface area (Å²) >= 11 is 11.7. The summed E-state index contributed by atoms with van der Waals surface area (Å²) in [5, 5.41) is 23.4. The van der Waals surface area contributed by atoms with Gasteiger partial charge in [0, 0.05) is 23.7 Å². The van der Waals surface area contributed by atoms with E-state index in [2.05, 4.69) is 5.32 Å². The topological polar surface area (TPSA) is 92.5 Å². The van der Waals surface area contributed by atoms with Gasteiger partial charge in [-0.3, -0.25) is 14.9 Å². The number of carboxylic acids is 1. The van der Waals surface area contributed by atoms with Crippen molar-refractivity contribution < 1.29 is 14.8 Å². The highest BCUT2D eigenvalue weighted by Gasteiger charge is 2.22. The number of rotatable bonds is 8. The van der Waals surface area contributed by atoms with E-state index in [0.29, 0.717) is 17.0 Å². The lowest BCUT2D eigenvalue weighted by molar-refractivity contribution is -0.385. The number of hydrogen-bond acceptors (Lipinski definition) is 4. The van der Waals surface area contributed by atoms with Gasteiger partial charge in [-0.2, -0.15) is 0 Å². The van der Waals surface area contributed by atoms with Crippen LogP contribution in [0.4, 0.5) is 5.69 Å². The van der Waals surface area contributed by atoms with Crippen LogP contribution in [0, 0.1) is 22.0 Å². The van der Waals surface area contributed by atoms with Gasteiger partial charge in [0.1, 0.15) is 5.02 Å². The van der Waals surface area contributed by atoms with E-state index >= 15 is 0 Å². The van der Waals surface area contributed by atoms with Gasteiger partial charge in [-0.25, -0.2) is 0 Å². The van der Waals surface area contributed by atoms with E-state index in [9.17, 15) is 14.9 Å². The molecule has 0 amide bonds. The quantitative estimate of drug-likeness (QED) is 0.551. The van der Waals surface area contributed by atoms with Gasteiger partial charge in [-0.1, -0.05) is 37.0 Å². The molecule has 1 aromatic carbocycles. The first-order valence-corrected chi connectivity index (χ1v) is 7.53. The average molecular weight is 349 g/mol. The zero-order valence-corrected chi connectivity index (χ0v) is 13.8. The Morgan fingerprint density at radius 1 is 1.41 bits per heavy atom. The summed E-state index contributed by atoms with van der Waals surface area (Å²) in [6.07, 6.45) is 0.529. The Morgan fingerprint density at radius 2 is 2.05 bits per heavy atom. The lowest BCUT2D eigenvalue weighted by Gasteiger charge is -2.15. The van der Waals surface area contributed by atoms with Crippen molar-refractivity contribution in [2.45, 2.75) is 26.8 Å². The van der Waals surface area contributed by atoms with Gasteiger partial charge in [0.25, 0.3) is 5.69 Å². The van der Waals surface area contributed by atoms with E-state index in [0.717, 1.165) is 0 Å². The second kappa shape index (κ2) is 8.31. The SMILES string of the molecule is CC(C)CC(CNCc1cc(Cl)cc(Cl)c1[N+](=O)[O-])C(=O)O. The van der Waals surface area contributed by atoms with Crippen molar-refractivity contribution in [1.29, 1.82) is 0 Å². The summed E-state index contributed by atoms with van der Waals surface area (Å²) in [7, 11) is 0. The second-order valence-corrected chi connectivity index (χ2v) is 6.29. The van der Waals surface area contributed by atoms with Crippen LogP contribution < -0.4 is 5.32 Å². The Bertz CT molecular complexity index is 564. The predicted octanol–water partition coefficient (Wildman–Crippen LogP) is 3.74. The number of nitrogens with zero attached hydrogens (tertiary/aromatic N) is 1. The molecule has 0 aliphatic rings. The second-order valence-electron chi connectivity index (χ2n) is 5.45. The van der Waals surface area contributed by atoms with Gasteiger partial charge in [-0.15, -0.1) is 0 Å². The molecule has 2 N–H and O–H groups in total. The number of carbonyl (C=O) groups is 1. The molecule has 0 aliphatic heterocycles. The summed E-state index contributed by atoms with van der Waals surface area (Å²) in [4.78, 5) is 21.7. The van der Waals surface area contributed by atoms with Crippen molar-refractivity contribution in [3.8, 4) is 0 Å². The van der Waals surface area contributed by atoms with E-state index in [1.165, 1.54) is 12.1 Å². The number of carboxylic acid groups (broad SMARTS) is 1. The highest BCUT2D eigenvalue weighted by molar-refractivity contribution is 6.36. The Labute approximate surface area is 138 Å². The molecule has 0 aromatic heterocycles. The Kier molecular flexibility index (Phi) is 7.06. The van der Waals surface area contributed by atoms with Gasteiger partial charge < -0.3 is 10.4 Å². The van der Waals surface area contributed by atoms with Gasteiger partial charge in [0.2, 0.25) is 0 Å². The van der Waals surface area contributed by atoms with Gasteiger partial charge in [0.15, 0.2) is 0 Å². The van der Waals surface area contributed by atoms with Crippen LogP contribution in [0.2, 0.25) is 10.0 Å². The average Bonchev–Trinajstić information content (AvgIpc) is 2.35. The summed E-state index contributed by atoms with van der Waals surface area (Å²) in [6, 6.07) is 2.76. The van der Waals surface area contributed by atoms with Crippen LogP contribution in [0.3, 0.4) is 0 Å². The van der Waals surface area contributed by atoms with Crippen molar-refractivity contribution >= 4 is 34.9 Å². The van der Waals surface area contributed by atoms with E-state index in [4.69, 9.17) is 28.3 Å². The van der Waals surface area contributed by atoms with Crippen LogP contribution in [0.15, 0.2) is 12.1 Å². The summed E-state index contributed by atoms with van der Waals surface area (Å²) < 4.78 is 0. The van der Waals surface area contributed by atoms with Gasteiger partial charge in [-0.05, 0) is 24.5 Å². The maximum Gasteiger partial charge on any atom is 0.307 e. The first-order chi connectivity index (χ1) is 10.2. The molecule has 0 saturated carbocycles. The molecule has 122 valence electrons. The monoisotopic (exact) mass is 348 g/mol. The van der Waals surface area contributed by atoms with Gasteiger partial charge >= 0.3 is 5.97 Å². The van der Waals surface area contributed by atoms with E-state index in [1.807, 2.05) is 13.8 Å². The number of nitro groups is 1. The summed E-state index contributed by atoms with van der Waals surface area (Å²) in [6.45, 7) is 4.22. The molecular weight excluding hydrogens is 331 g/mol. The standard InChI is InChI=1S/C14H18Cl2N2O4/c1-8(2)3-10(14(19)20)7-17-6-9-4-11(15)5-12(16)13(9)18(21)22/h4-5,8,10,17H,3,6-7H2,1-2H3,(H,19,20). The summed E-state index contributed by atoms with van der Waals surface area (Å²) in [5.41, 5.74) is 0.116. The highest BCUT2D eigenvalue weighted by Crippen LogP contribution is 2.31. The maximum absolute atomic E-state index is 11.2. The molecule has 1 atom stereocenters. The molecular formula is C14H18Cl2N2O4. The molecule has 0 bridgehead atoms. The third kappa shape index (κ3) is 5.44. The van der Waals surface area contributed by atoms with E-state index in [1.54, 1.807) is 0 Å². The molecule has 0 heterocycles. The Balaban J connectivity index is 2.79. The van der Waals surface area contributed by atoms with Crippen molar-refractivity contribution in [2.24, 2.45) is 11.8 Å². The molecule has 1 aromatic rings. The van der Waals surface area contributed by atoms with Crippen LogP contribution in [-0.4, -0.2) is 22.5 Å². The largest absolute Gasteiger partial charge is 0.481 e. The number of nitrogens with one attached hydrogen (secondary N) is 1. The van der Waals surface area contributed by atoms with Crippen LogP contribution in [0.5, 0.6) is 0 Å². The van der Waals surface area contributed by atoms with Crippen molar-refractivity contribution in [1.82, 2.24) is 5.32 Å². The molecule has 1 unspecified atom stereocenters. The van der Waals surface area contributed by atoms with Crippen LogP contribution in [-0.2, 0) is 11.3 Å². The molecule has 0 fully saturated rings. The van der Waals surface area contributed by atoms with Crippen molar-refractivity contribution in [3.63, 3.8) is 0 Å².